The van der Waals surface area contributed by atoms with Crippen LogP contribution in [0.15, 0.2) is 52.1 Å². The van der Waals surface area contributed by atoms with Gasteiger partial charge in [0.25, 0.3) is 0 Å². The van der Waals surface area contributed by atoms with E-state index in [2.05, 4.69) is 19.9 Å². The van der Waals surface area contributed by atoms with Crippen molar-refractivity contribution in [1.82, 2.24) is 5.16 Å². The molecule has 0 aliphatic heterocycles. The molecule has 0 atom stereocenters. The predicted octanol–water partition coefficient (Wildman–Crippen LogP) is 4.76. The van der Waals surface area contributed by atoms with E-state index in [4.69, 9.17) is 14.8 Å². The first-order chi connectivity index (χ1) is 12.9. The van der Waals surface area contributed by atoms with Crippen LogP contribution < -0.4 is 9.47 Å². The van der Waals surface area contributed by atoms with Gasteiger partial charge >= 0.3 is 6.36 Å². The number of rotatable bonds is 5. The molecule has 0 fully saturated rings. The summed E-state index contributed by atoms with van der Waals surface area (Å²) in [6.07, 6.45) is -4.76. The predicted molar refractivity (Wildman–Crippen MR) is 84.9 cm³/mol. The third-order valence-corrected chi connectivity index (χ3v) is 3.36. The highest BCUT2D eigenvalue weighted by molar-refractivity contribution is 5.98. The average Bonchev–Trinajstić information content (AvgIpc) is 3.02. The molecule has 0 radical (unpaired) electrons. The molecule has 0 N–H and O–H groups in total. The number of fused-ring (bicyclic) bond motifs is 1. The van der Waals surface area contributed by atoms with Crippen molar-refractivity contribution in [3.05, 3.63) is 64.2 Å². The number of carbonyl (C=O) groups excluding carboxylic acids is 1. The maximum atomic E-state index is 12.1. The minimum absolute atomic E-state index is 0.0177. The van der Waals surface area contributed by atoms with Crippen LogP contribution in [0.3, 0.4) is 0 Å². The van der Waals surface area contributed by atoms with Gasteiger partial charge in [0, 0.05) is 15.9 Å². The summed E-state index contributed by atoms with van der Waals surface area (Å²) in [6, 6.07) is 9.27. The Bertz CT molecular complexity index is 1020. The molecule has 0 saturated heterocycles. The Balaban J connectivity index is 1.70. The zero-order valence-electron chi connectivity index (χ0n) is 13.3. The number of nitrogens with zero attached hydrogens (tertiary/aromatic N) is 4. The van der Waals surface area contributed by atoms with Crippen molar-refractivity contribution in [2.75, 3.05) is 0 Å². The second-order valence-electron chi connectivity index (χ2n) is 5.14. The van der Waals surface area contributed by atoms with Gasteiger partial charge in [0.15, 0.2) is 5.58 Å². The summed E-state index contributed by atoms with van der Waals surface area (Å²) >= 11 is 0. The summed E-state index contributed by atoms with van der Waals surface area (Å²) in [5.41, 5.74) is 9.14. The average molecular weight is 378 g/mol. The molecular formula is C16H9F3N4O4. The smallest absolute Gasteiger partial charge is 0.487 e. The van der Waals surface area contributed by atoms with Crippen LogP contribution in [-0.4, -0.2) is 17.4 Å². The quantitative estimate of drug-likeness (QED) is 0.361. The zero-order chi connectivity index (χ0) is 19.4. The lowest BCUT2D eigenvalue weighted by atomic mass is 10.1. The molecule has 27 heavy (non-hydrogen) atoms. The van der Waals surface area contributed by atoms with Gasteiger partial charge in [-0.15, -0.1) is 13.2 Å². The molecule has 3 aromatic rings. The lowest BCUT2D eigenvalue weighted by Gasteiger charge is -2.09. The first kappa shape index (κ1) is 18.1. The lowest BCUT2D eigenvalue weighted by molar-refractivity contribution is -0.274. The van der Waals surface area contributed by atoms with Crippen LogP contribution in [-0.2, 0) is 6.61 Å². The van der Waals surface area contributed by atoms with Crippen LogP contribution in [0.1, 0.15) is 16.1 Å². The van der Waals surface area contributed by atoms with E-state index in [0.29, 0.717) is 22.4 Å². The number of halogens is 3. The third-order valence-electron chi connectivity index (χ3n) is 3.36. The molecule has 138 valence electrons. The van der Waals surface area contributed by atoms with Crippen LogP contribution in [0.5, 0.6) is 11.5 Å². The number of amides is 1. The van der Waals surface area contributed by atoms with Crippen molar-refractivity contribution in [3.8, 4) is 11.5 Å². The molecule has 0 unspecified atom stereocenters. The van der Waals surface area contributed by atoms with Crippen LogP contribution in [0.2, 0.25) is 0 Å². The number of hydrogen-bond acceptors (Lipinski definition) is 5. The summed E-state index contributed by atoms with van der Waals surface area (Å²) < 4.78 is 50.7. The van der Waals surface area contributed by atoms with E-state index >= 15 is 0 Å². The van der Waals surface area contributed by atoms with Gasteiger partial charge in [0.1, 0.15) is 23.8 Å². The zero-order valence-corrected chi connectivity index (χ0v) is 13.3. The molecule has 2 aromatic carbocycles. The van der Waals surface area contributed by atoms with Crippen molar-refractivity contribution in [2.45, 2.75) is 13.0 Å². The number of aromatic nitrogens is 1. The highest BCUT2D eigenvalue weighted by Gasteiger charge is 2.31. The SMILES string of the molecule is [N-]=[N+]=NC(=O)c1ccc2c(COc3ccc(OC(F)(F)F)cc3)noc2c1. The van der Waals surface area contributed by atoms with Gasteiger partial charge < -0.3 is 14.0 Å². The first-order valence-electron chi connectivity index (χ1n) is 7.32. The Hall–Kier alpha value is -3.72. The van der Waals surface area contributed by atoms with E-state index in [1.807, 2.05) is 0 Å². The van der Waals surface area contributed by atoms with E-state index in [1.54, 1.807) is 6.07 Å². The number of benzene rings is 2. The topological polar surface area (TPSA) is 110 Å². The summed E-state index contributed by atoms with van der Waals surface area (Å²) in [4.78, 5) is 14.0. The molecule has 0 spiro atoms. The van der Waals surface area contributed by atoms with E-state index in [1.165, 1.54) is 24.3 Å². The molecule has 11 heteroatoms. The van der Waals surface area contributed by atoms with Gasteiger partial charge in [-0.05, 0) is 47.0 Å². The molecule has 0 aliphatic carbocycles. The normalized spacial score (nSPS) is 11.1. The maximum absolute atomic E-state index is 12.1. The van der Waals surface area contributed by atoms with Crippen molar-refractivity contribution >= 4 is 16.9 Å². The molecule has 0 aliphatic rings. The van der Waals surface area contributed by atoms with Gasteiger partial charge in [-0.2, -0.15) is 0 Å². The molecule has 1 amide bonds. The third kappa shape index (κ3) is 4.47. The van der Waals surface area contributed by atoms with Crippen molar-refractivity contribution in [1.29, 1.82) is 0 Å². The molecule has 3 rings (SSSR count). The summed E-state index contributed by atoms with van der Waals surface area (Å²) in [5, 5.41) is 7.40. The van der Waals surface area contributed by atoms with Gasteiger partial charge in [0.05, 0.1) is 0 Å². The monoisotopic (exact) mass is 378 g/mol. The van der Waals surface area contributed by atoms with Gasteiger partial charge in [-0.25, -0.2) is 0 Å². The Labute approximate surface area is 148 Å². The van der Waals surface area contributed by atoms with E-state index in [-0.39, 0.29) is 17.9 Å². The fourth-order valence-corrected chi connectivity index (χ4v) is 2.21. The Morgan fingerprint density at radius 1 is 1.19 bits per heavy atom. The molecule has 0 saturated carbocycles. The largest absolute Gasteiger partial charge is 0.573 e. The van der Waals surface area contributed by atoms with Gasteiger partial charge in [0.2, 0.25) is 5.91 Å². The molecule has 8 nitrogen and oxygen atoms in total. The summed E-state index contributed by atoms with van der Waals surface area (Å²) in [5.74, 6) is -0.815. The molecule has 1 aromatic heterocycles. The van der Waals surface area contributed by atoms with Crippen molar-refractivity contribution in [2.24, 2.45) is 5.11 Å². The molecular weight excluding hydrogens is 369 g/mol. The molecule has 1 heterocycles. The number of carbonyl (C=O) groups is 1. The molecule has 0 bridgehead atoms. The second kappa shape index (κ2) is 7.26. The number of ether oxygens (including phenoxy) is 2. The lowest BCUT2D eigenvalue weighted by Crippen LogP contribution is -2.16. The van der Waals surface area contributed by atoms with Crippen LogP contribution in [0, 0.1) is 0 Å². The minimum Gasteiger partial charge on any atom is -0.487 e. The fourth-order valence-electron chi connectivity index (χ4n) is 2.21. The van der Waals surface area contributed by atoms with E-state index in [0.717, 1.165) is 12.1 Å². The van der Waals surface area contributed by atoms with Crippen LogP contribution >= 0.6 is 0 Å². The Morgan fingerprint density at radius 3 is 2.56 bits per heavy atom. The summed E-state index contributed by atoms with van der Waals surface area (Å²) in [7, 11) is 0. The number of azide groups is 1. The highest BCUT2D eigenvalue weighted by Crippen LogP contribution is 2.26. The Morgan fingerprint density at radius 2 is 1.89 bits per heavy atom. The van der Waals surface area contributed by atoms with Gasteiger partial charge in [-0.1, -0.05) is 11.2 Å². The highest BCUT2D eigenvalue weighted by atomic mass is 19.4. The number of alkyl halides is 3. The van der Waals surface area contributed by atoms with E-state index in [9.17, 15) is 18.0 Å². The van der Waals surface area contributed by atoms with E-state index < -0.39 is 12.3 Å². The minimum atomic E-state index is -4.76. The standard InChI is InChI=1S/C16H9F3N4O4/c17-16(18,19)26-11-4-2-10(3-5-11)25-8-13-12-6-1-9(15(24)21-23-20)7-14(12)27-22-13/h1-7H,8H2. The summed E-state index contributed by atoms with van der Waals surface area (Å²) in [6.45, 7) is -0.0177. The van der Waals surface area contributed by atoms with Crippen LogP contribution in [0.4, 0.5) is 13.2 Å². The first-order valence-corrected chi connectivity index (χ1v) is 7.32. The number of hydrogen-bond donors (Lipinski definition) is 0. The van der Waals surface area contributed by atoms with Crippen LogP contribution in [0.25, 0.3) is 21.4 Å². The van der Waals surface area contributed by atoms with Gasteiger partial charge in [-0.3, -0.25) is 4.79 Å². The second-order valence-corrected chi connectivity index (χ2v) is 5.14. The Kier molecular flexibility index (Phi) is 4.86. The van der Waals surface area contributed by atoms with Crippen molar-refractivity contribution in [3.63, 3.8) is 0 Å². The maximum Gasteiger partial charge on any atom is 0.573 e. The fraction of sp³-hybridized carbons (Fsp3) is 0.125. The van der Waals surface area contributed by atoms with Crippen molar-refractivity contribution < 1.29 is 32.0 Å².